The zero-order chi connectivity index (χ0) is 28.9. The molecular formula is C32H26N4O4S2. The predicted molar refractivity (Wildman–Crippen MR) is 160 cm³/mol. The van der Waals surface area contributed by atoms with Crippen molar-refractivity contribution in [3.63, 3.8) is 0 Å². The van der Waals surface area contributed by atoms with Crippen molar-refractivity contribution in [1.82, 2.24) is 10.0 Å². The first-order valence-electron chi connectivity index (χ1n) is 13.9. The van der Waals surface area contributed by atoms with Gasteiger partial charge in [-0.25, -0.2) is 19.8 Å². The number of hydrogen-bond acceptors (Lipinski definition) is 8. The minimum atomic E-state index is -0.836. The number of carbonyl (C=O) groups is 4. The van der Waals surface area contributed by atoms with Crippen LogP contribution in [0.5, 0.6) is 0 Å². The van der Waals surface area contributed by atoms with E-state index in [0.29, 0.717) is 11.4 Å². The molecule has 210 valence electrons. The Morgan fingerprint density at radius 2 is 0.881 bits per heavy atom. The van der Waals surface area contributed by atoms with Crippen molar-refractivity contribution in [2.75, 3.05) is 9.80 Å². The fourth-order valence-corrected chi connectivity index (χ4v) is 8.94. The largest absolute Gasteiger partial charge is 0.274 e. The zero-order valence-corrected chi connectivity index (χ0v) is 24.4. The molecule has 8 nitrogen and oxygen atoms in total. The molecule has 0 N–H and O–H groups in total. The maximum Gasteiger partial charge on any atom is 0.253 e. The lowest BCUT2D eigenvalue weighted by Crippen LogP contribution is -2.50. The number of rotatable bonds is 4. The van der Waals surface area contributed by atoms with Crippen molar-refractivity contribution in [1.29, 1.82) is 0 Å². The molecular weight excluding hydrogens is 569 g/mol. The molecule has 4 aromatic rings. The van der Waals surface area contributed by atoms with Gasteiger partial charge in [0.15, 0.2) is 0 Å². The molecule has 0 saturated carbocycles. The molecule has 0 radical (unpaired) electrons. The van der Waals surface area contributed by atoms with Gasteiger partial charge in [-0.05, 0) is 61.0 Å². The zero-order valence-electron chi connectivity index (χ0n) is 22.8. The van der Waals surface area contributed by atoms with Gasteiger partial charge in [0.1, 0.15) is 12.1 Å². The summed E-state index contributed by atoms with van der Waals surface area (Å²) < 4.78 is 0. The minimum absolute atomic E-state index is 0.282. The highest BCUT2D eigenvalue weighted by molar-refractivity contribution is 7.10. The van der Waals surface area contributed by atoms with E-state index in [0.717, 1.165) is 20.9 Å². The maximum absolute atomic E-state index is 14.3. The second kappa shape index (κ2) is 9.27. The summed E-state index contributed by atoms with van der Waals surface area (Å²) in [6.45, 7) is 3.92. The highest BCUT2D eigenvalue weighted by atomic mass is 32.1. The molecule has 2 aromatic heterocycles. The Bertz CT molecular complexity index is 1610. The third kappa shape index (κ3) is 3.40. The number of carbonyl (C=O) groups excluding carboxylic acids is 4. The fraction of sp³-hybridized carbons (Fsp3) is 0.250. The van der Waals surface area contributed by atoms with Crippen molar-refractivity contribution in [3.8, 4) is 0 Å². The average Bonchev–Trinajstić information content (AvgIpc) is 3.81. The summed E-state index contributed by atoms with van der Waals surface area (Å²) in [7, 11) is 0. The van der Waals surface area contributed by atoms with Gasteiger partial charge < -0.3 is 0 Å². The first-order chi connectivity index (χ1) is 20.4. The van der Waals surface area contributed by atoms with Crippen LogP contribution in [-0.2, 0) is 19.2 Å². The Morgan fingerprint density at radius 1 is 0.500 bits per heavy atom. The quantitative estimate of drug-likeness (QED) is 0.314. The van der Waals surface area contributed by atoms with E-state index in [1.165, 1.54) is 32.5 Å². The lowest BCUT2D eigenvalue weighted by atomic mass is 9.88. The van der Waals surface area contributed by atoms with Crippen molar-refractivity contribution < 1.29 is 19.2 Å². The Morgan fingerprint density at radius 3 is 1.21 bits per heavy atom. The molecule has 4 aliphatic heterocycles. The summed E-state index contributed by atoms with van der Waals surface area (Å²) in [6.07, 6.45) is 0. The van der Waals surface area contributed by atoms with Crippen LogP contribution in [0.2, 0.25) is 0 Å². The molecule has 0 spiro atoms. The van der Waals surface area contributed by atoms with Gasteiger partial charge in [0.05, 0.1) is 35.3 Å². The normalized spacial score (nSPS) is 29.1. The van der Waals surface area contributed by atoms with Gasteiger partial charge >= 0.3 is 0 Å². The minimum Gasteiger partial charge on any atom is -0.274 e. The van der Waals surface area contributed by atoms with Gasteiger partial charge in [0, 0.05) is 9.75 Å². The van der Waals surface area contributed by atoms with Crippen LogP contribution >= 0.6 is 22.7 Å². The summed E-state index contributed by atoms with van der Waals surface area (Å²) in [4.78, 5) is 61.5. The number of amides is 4. The molecule has 4 saturated heterocycles. The maximum atomic E-state index is 14.3. The van der Waals surface area contributed by atoms with Gasteiger partial charge in [-0.3, -0.25) is 19.2 Å². The van der Waals surface area contributed by atoms with Crippen LogP contribution in [0.15, 0.2) is 83.6 Å². The summed E-state index contributed by atoms with van der Waals surface area (Å²) in [5.74, 6) is -2.66. The molecule has 0 aliphatic carbocycles. The topological polar surface area (TPSA) is 81.2 Å². The van der Waals surface area contributed by atoms with Gasteiger partial charge in [-0.1, -0.05) is 47.5 Å². The van der Waals surface area contributed by atoms with Gasteiger partial charge in [-0.15, -0.1) is 22.7 Å². The van der Waals surface area contributed by atoms with Gasteiger partial charge in [0.25, 0.3) is 11.8 Å². The SMILES string of the molecule is Cc1ccc(N2C(=O)[C@@H]3[C@@H](C2=O)N2[C@@H](c4cccs4)[C@H]4C(=O)N(c5ccc(C)cc5)C(=O)[C@@H]4N2[C@@H]3c2cccs2)cc1. The number of benzene rings is 2. The van der Waals surface area contributed by atoms with Crippen LogP contribution in [0.25, 0.3) is 0 Å². The number of nitrogens with zero attached hydrogens (tertiary/aromatic N) is 4. The van der Waals surface area contributed by atoms with Crippen LogP contribution in [0, 0.1) is 25.7 Å². The third-order valence-electron chi connectivity index (χ3n) is 8.98. The lowest BCUT2D eigenvalue weighted by Gasteiger charge is -2.35. The number of aryl methyl sites for hydroxylation is 2. The van der Waals surface area contributed by atoms with E-state index >= 15 is 0 Å². The number of imide groups is 2. The molecule has 4 amide bonds. The molecule has 6 atom stereocenters. The monoisotopic (exact) mass is 594 g/mol. The summed E-state index contributed by atoms with van der Waals surface area (Å²) >= 11 is 2.99. The van der Waals surface area contributed by atoms with Crippen molar-refractivity contribution >= 4 is 57.7 Å². The van der Waals surface area contributed by atoms with Gasteiger partial charge in [0.2, 0.25) is 11.8 Å². The second-order valence-corrected chi connectivity index (χ2v) is 13.3. The van der Waals surface area contributed by atoms with Crippen LogP contribution in [0.3, 0.4) is 0 Å². The number of hydrazine groups is 1. The van der Waals surface area contributed by atoms with E-state index in [2.05, 4.69) is 0 Å². The number of fused-ring (bicyclic) bond motifs is 5. The molecule has 42 heavy (non-hydrogen) atoms. The Hall–Kier alpha value is -3.96. The predicted octanol–water partition coefficient (Wildman–Crippen LogP) is 4.87. The first-order valence-corrected chi connectivity index (χ1v) is 15.6. The van der Waals surface area contributed by atoms with Crippen LogP contribution in [-0.4, -0.2) is 45.7 Å². The number of thiophene rings is 2. The molecule has 0 unspecified atom stereocenters. The van der Waals surface area contributed by atoms with Crippen LogP contribution in [0.4, 0.5) is 11.4 Å². The third-order valence-corrected chi connectivity index (χ3v) is 10.9. The standard InChI is InChI=1S/C32H26N4O4S2/c1-17-7-11-19(12-8-17)33-29(37)23-25(21-5-3-15-41-21)36-28-24(26(22-6-4-16-42-22)35(36)27(23)31(33)39)30(38)34(32(28)40)20-13-9-18(2)10-14-20/h3-16,23-28H,1-2H3/t23-,24+,25+,26-,27-,28+. The Labute approximate surface area is 250 Å². The van der Waals surface area contributed by atoms with Crippen molar-refractivity contribution in [3.05, 3.63) is 104 Å². The van der Waals surface area contributed by atoms with Gasteiger partial charge in [-0.2, -0.15) is 0 Å². The first kappa shape index (κ1) is 25.7. The van der Waals surface area contributed by atoms with Crippen molar-refractivity contribution in [2.45, 2.75) is 38.0 Å². The molecule has 4 fully saturated rings. The lowest BCUT2D eigenvalue weighted by molar-refractivity contribution is -0.135. The van der Waals surface area contributed by atoms with Crippen molar-refractivity contribution in [2.24, 2.45) is 11.8 Å². The summed E-state index contributed by atoms with van der Waals surface area (Å²) in [5.41, 5.74) is 3.12. The Balaban J connectivity index is 1.30. The fourth-order valence-electron chi connectivity index (χ4n) is 7.21. The molecule has 10 heteroatoms. The number of anilines is 2. The van der Waals surface area contributed by atoms with E-state index in [9.17, 15) is 19.2 Å². The van der Waals surface area contributed by atoms with E-state index in [1.807, 2.05) is 83.2 Å². The summed E-state index contributed by atoms with van der Waals surface area (Å²) in [5, 5.41) is 7.73. The van der Waals surface area contributed by atoms with Crippen LogP contribution < -0.4 is 9.80 Å². The highest BCUT2D eigenvalue weighted by Crippen LogP contribution is 2.60. The Kier molecular flexibility index (Phi) is 5.68. The molecule has 8 rings (SSSR count). The summed E-state index contributed by atoms with van der Waals surface area (Å²) in [6, 6.07) is 19.7. The van der Waals surface area contributed by atoms with E-state index in [1.54, 1.807) is 24.3 Å². The highest BCUT2D eigenvalue weighted by Gasteiger charge is 2.74. The molecule has 4 aliphatic rings. The molecule has 0 bridgehead atoms. The second-order valence-electron chi connectivity index (χ2n) is 11.3. The van der Waals surface area contributed by atoms with E-state index in [4.69, 9.17) is 0 Å². The molecule has 2 aromatic carbocycles. The van der Waals surface area contributed by atoms with E-state index in [-0.39, 0.29) is 23.6 Å². The number of hydrogen-bond donors (Lipinski definition) is 0. The molecule has 6 heterocycles. The smallest absolute Gasteiger partial charge is 0.253 e. The van der Waals surface area contributed by atoms with E-state index < -0.39 is 36.0 Å². The van der Waals surface area contributed by atoms with Crippen LogP contribution in [0.1, 0.15) is 33.0 Å². The average molecular weight is 595 g/mol.